The Hall–Kier alpha value is -1.08. The van der Waals surface area contributed by atoms with E-state index in [1.54, 1.807) is 13.1 Å². The second-order valence-electron chi connectivity index (χ2n) is 3.31. The minimum Gasteiger partial charge on any atom is -0.361 e. The standard InChI is InChI=1S/C9H13F3N2O2/c1-6(9(10,11)12)15-5-8-3-7(4-13-2)14-16-8/h3,6,13H,4-5H2,1-2H3. The molecule has 1 N–H and O–H groups in total. The van der Waals surface area contributed by atoms with Gasteiger partial charge in [0.15, 0.2) is 11.9 Å². The van der Waals surface area contributed by atoms with Crippen molar-refractivity contribution in [1.29, 1.82) is 0 Å². The average molecular weight is 238 g/mol. The molecule has 0 aliphatic heterocycles. The molecule has 0 bridgehead atoms. The van der Waals surface area contributed by atoms with E-state index in [1.165, 1.54) is 0 Å². The van der Waals surface area contributed by atoms with Crippen LogP contribution in [0.15, 0.2) is 10.6 Å². The number of halogens is 3. The Morgan fingerprint density at radius 2 is 2.25 bits per heavy atom. The molecular weight excluding hydrogens is 225 g/mol. The van der Waals surface area contributed by atoms with Gasteiger partial charge in [-0.25, -0.2) is 0 Å². The molecule has 0 saturated carbocycles. The molecule has 0 amide bonds. The number of alkyl halides is 3. The molecule has 0 radical (unpaired) electrons. The van der Waals surface area contributed by atoms with E-state index in [1.807, 2.05) is 0 Å². The molecule has 1 heterocycles. The van der Waals surface area contributed by atoms with Crippen LogP contribution in [0.3, 0.4) is 0 Å². The molecule has 0 saturated heterocycles. The summed E-state index contributed by atoms with van der Waals surface area (Å²) in [5.41, 5.74) is 0.626. The predicted molar refractivity (Wildman–Crippen MR) is 49.6 cm³/mol. The predicted octanol–water partition coefficient (Wildman–Crippen LogP) is 1.86. The number of nitrogens with zero attached hydrogens (tertiary/aromatic N) is 1. The van der Waals surface area contributed by atoms with E-state index in [-0.39, 0.29) is 12.4 Å². The molecule has 0 aromatic carbocycles. The first-order valence-corrected chi connectivity index (χ1v) is 4.71. The molecule has 0 aliphatic rings. The second-order valence-corrected chi connectivity index (χ2v) is 3.31. The molecule has 16 heavy (non-hydrogen) atoms. The summed E-state index contributed by atoms with van der Waals surface area (Å²) in [5.74, 6) is 0.279. The Kier molecular flexibility index (Phi) is 4.31. The molecule has 1 rings (SSSR count). The van der Waals surface area contributed by atoms with Crippen LogP contribution in [0, 0.1) is 0 Å². The SMILES string of the molecule is CNCc1cc(COC(C)C(F)(F)F)on1. The smallest absolute Gasteiger partial charge is 0.361 e. The van der Waals surface area contributed by atoms with Gasteiger partial charge in [0.05, 0.1) is 5.69 Å². The van der Waals surface area contributed by atoms with Crippen molar-refractivity contribution in [1.82, 2.24) is 10.5 Å². The second kappa shape index (κ2) is 5.31. The lowest BCUT2D eigenvalue weighted by Gasteiger charge is -2.14. The zero-order valence-corrected chi connectivity index (χ0v) is 8.97. The highest BCUT2D eigenvalue weighted by atomic mass is 19.4. The van der Waals surface area contributed by atoms with E-state index in [0.29, 0.717) is 12.2 Å². The van der Waals surface area contributed by atoms with Crippen molar-refractivity contribution in [3.8, 4) is 0 Å². The molecular formula is C9H13F3N2O2. The van der Waals surface area contributed by atoms with Gasteiger partial charge in [0.2, 0.25) is 0 Å². The van der Waals surface area contributed by atoms with Crippen molar-refractivity contribution in [2.45, 2.75) is 32.4 Å². The molecule has 1 atom stereocenters. The number of hydrogen-bond donors (Lipinski definition) is 1. The van der Waals surface area contributed by atoms with Gasteiger partial charge in [0.1, 0.15) is 6.61 Å². The van der Waals surface area contributed by atoms with Gasteiger partial charge >= 0.3 is 6.18 Å². The van der Waals surface area contributed by atoms with Crippen LogP contribution in [-0.2, 0) is 17.9 Å². The Balaban J connectivity index is 2.42. The third-order valence-electron chi connectivity index (χ3n) is 1.90. The topological polar surface area (TPSA) is 47.3 Å². The third kappa shape index (κ3) is 3.82. The summed E-state index contributed by atoms with van der Waals surface area (Å²) >= 11 is 0. The Bertz CT molecular complexity index is 325. The lowest BCUT2D eigenvalue weighted by molar-refractivity contribution is -0.218. The number of aromatic nitrogens is 1. The first-order valence-electron chi connectivity index (χ1n) is 4.71. The molecule has 7 heteroatoms. The molecule has 4 nitrogen and oxygen atoms in total. The number of ether oxygens (including phenoxy) is 1. The maximum absolute atomic E-state index is 12.1. The van der Waals surface area contributed by atoms with Crippen molar-refractivity contribution in [2.75, 3.05) is 7.05 Å². The van der Waals surface area contributed by atoms with Gasteiger partial charge in [0.25, 0.3) is 0 Å². The highest BCUT2D eigenvalue weighted by Crippen LogP contribution is 2.23. The maximum Gasteiger partial charge on any atom is 0.414 e. The van der Waals surface area contributed by atoms with Gasteiger partial charge in [-0.3, -0.25) is 0 Å². The van der Waals surface area contributed by atoms with Gasteiger partial charge in [-0.2, -0.15) is 13.2 Å². The van der Waals surface area contributed by atoms with Crippen LogP contribution in [0.2, 0.25) is 0 Å². The number of nitrogens with one attached hydrogen (secondary N) is 1. The lowest BCUT2D eigenvalue weighted by atomic mass is 10.3. The van der Waals surface area contributed by atoms with Crippen LogP contribution < -0.4 is 5.32 Å². The highest BCUT2D eigenvalue weighted by Gasteiger charge is 2.37. The van der Waals surface area contributed by atoms with Crippen molar-refractivity contribution in [3.63, 3.8) is 0 Å². The minimum atomic E-state index is -4.35. The van der Waals surface area contributed by atoms with Gasteiger partial charge in [-0.1, -0.05) is 5.16 Å². The summed E-state index contributed by atoms with van der Waals surface area (Å²) in [6, 6.07) is 1.56. The van der Waals surface area contributed by atoms with E-state index in [2.05, 4.69) is 15.2 Å². The normalized spacial score (nSPS) is 14.1. The van der Waals surface area contributed by atoms with Gasteiger partial charge in [-0.05, 0) is 14.0 Å². The van der Waals surface area contributed by atoms with Crippen molar-refractivity contribution >= 4 is 0 Å². The number of rotatable bonds is 5. The van der Waals surface area contributed by atoms with Crippen LogP contribution in [0.4, 0.5) is 13.2 Å². The highest BCUT2D eigenvalue weighted by molar-refractivity contribution is 5.04. The fourth-order valence-electron chi connectivity index (χ4n) is 0.990. The van der Waals surface area contributed by atoms with E-state index in [4.69, 9.17) is 4.52 Å². The van der Waals surface area contributed by atoms with E-state index >= 15 is 0 Å². The Labute approximate surface area is 90.7 Å². The zero-order chi connectivity index (χ0) is 12.2. The Morgan fingerprint density at radius 3 is 2.81 bits per heavy atom. The fraction of sp³-hybridized carbons (Fsp3) is 0.667. The molecule has 0 fully saturated rings. The quantitative estimate of drug-likeness (QED) is 0.850. The minimum absolute atomic E-state index is 0.239. The van der Waals surface area contributed by atoms with E-state index in [9.17, 15) is 13.2 Å². The fourth-order valence-corrected chi connectivity index (χ4v) is 0.990. The maximum atomic E-state index is 12.1. The van der Waals surface area contributed by atoms with Crippen LogP contribution in [0.5, 0.6) is 0 Å². The molecule has 1 aromatic heterocycles. The van der Waals surface area contributed by atoms with E-state index in [0.717, 1.165) is 6.92 Å². The first-order chi connectivity index (χ1) is 7.43. The summed E-state index contributed by atoms with van der Waals surface area (Å²) < 4.78 is 45.7. The van der Waals surface area contributed by atoms with Gasteiger partial charge in [0, 0.05) is 12.6 Å². The molecule has 0 spiro atoms. The molecule has 1 aromatic rings. The van der Waals surface area contributed by atoms with Crippen LogP contribution in [0.1, 0.15) is 18.4 Å². The summed E-state index contributed by atoms with van der Waals surface area (Å²) in [7, 11) is 1.73. The van der Waals surface area contributed by atoms with Crippen molar-refractivity contribution in [2.24, 2.45) is 0 Å². The third-order valence-corrected chi connectivity index (χ3v) is 1.90. The molecule has 1 unspecified atom stereocenters. The summed E-state index contributed by atoms with van der Waals surface area (Å²) in [4.78, 5) is 0. The van der Waals surface area contributed by atoms with Crippen molar-refractivity contribution in [3.05, 3.63) is 17.5 Å². The molecule has 0 aliphatic carbocycles. The first kappa shape index (κ1) is 13.0. The largest absolute Gasteiger partial charge is 0.414 e. The van der Waals surface area contributed by atoms with E-state index < -0.39 is 12.3 Å². The van der Waals surface area contributed by atoms with Gasteiger partial charge in [-0.15, -0.1) is 0 Å². The van der Waals surface area contributed by atoms with Crippen LogP contribution in [0.25, 0.3) is 0 Å². The summed E-state index contributed by atoms with van der Waals surface area (Å²) in [5, 5.41) is 6.49. The molecule has 92 valence electrons. The van der Waals surface area contributed by atoms with Gasteiger partial charge < -0.3 is 14.6 Å². The monoisotopic (exact) mass is 238 g/mol. The average Bonchev–Trinajstić information content (AvgIpc) is 2.61. The zero-order valence-electron chi connectivity index (χ0n) is 8.97. The van der Waals surface area contributed by atoms with Crippen molar-refractivity contribution < 1.29 is 22.4 Å². The van der Waals surface area contributed by atoms with Crippen LogP contribution >= 0.6 is 0 Å². The lowest BCUT2D eigenvalue weighted by Crippen LogP contribution is -2.28. The summed E-state index contributed by atoms with van der Waals surface area (Å²) in [6.45, 7) is 1.21. The summed E-state index contributed by atoms with van der Waals surface area (Å²) in [6.07, 6.45) is -6.17. The van der Waals surface area contributed by atoms with Crippen LogP contribution in [-0.4, -0.2) is 24.5 Å². The number of hydrogen-bond acceptors (Lipinski definition) is 4. The Morgan fingerprint density at radius 1 is 1.56 bits per heavy atom.